The molecule has 0 rings (SSSR count). The summed E-state index contributed by atoms with van der Waals surface area (Å²) in [6, 6.07) is 0. The summed E-state index contributed by atoms with van der Waals surface area (Å²) in [5, 5.41) is 10.4. The van der Waals surface area contributed by atoms with Crippen LogP contribution in [0.4, 0.5) is 4.79 Å². The van der Waals surface area contributed by atoms with E-state index in [9.17, 15) is 4.79 Å². The lowest BCUT2D eigenvalue weighted by Gasteiger charge is -2.09. The van der Waals surface area contributed by atoms with E-state index in [1.54, 1.807) is 0 Å². The fraction of sp³-hybridized carbons (Fsp3) is 0.857. The van der Waals surface area contributed by atoms with Crippen molar-refractivity contribution in [3.8, 4) is 0 Å². The number of nitrogens with zero attached hydrogens (tertiary/aromatic N) is 1. The van der Waals surface area contributed by atoms with Gasteiger partial charge in [-0.2, -0.15) is 0 Å². The minimum Gasteiger partial charge on any atom is -0.465 e. The summed E-state index contributed by atoms with van der Waals surface area (Å²) in [4.78, 5) is 12.0. The zero-order chi connectivity index (χ0) is 9.40. The maximum Gasteiger partial charge on any atom is 0.404 e. The smallest absolute Gasteiger partial charge is 0.404 e. The van der Waals surface area contributed by atoms with E-state index in [2.05, 4.69) is 5.32 Å². The number of rotatable bonds is 6. The number of nitrogens with one attached hydrogen (secondary N) is 1. The second-order valence-corrected chi connectivity index (χ2v) is 2.65. The molecule has 0 aromatic heterocycles. The van der Waals surface area contributed by atoms with E-state index < -0.39 is 6.09 Å². The fourth-order valence-corrected chi connectivity index (χ4v) is 0.579. The van der Waals surface area contributed by atoms with Gasteiger partial charge >= 0.3 is 6.09 Å². The predicted molar refractivity (Wildman–Crippen MR) is 45.4 cm³/mol. The van der Waals surface area contributed by atoms with Gasteiger partial charge in [-0.05, 0) is 14.1 Å². The lowest BCUT2D eigenvalue weighted by atomic mass is 10.6. The number of carbonyl (C=O) groups is 1. The summed E-state index contributed by atoms with van der Waals surface area (Å²) in [5.74, 6) is 0. The molecule has 5 heteroatoms. The Morgan fingerprint density at radius 3 is 2.67 bits per heavy atom. The van der Waals surface area contributed by atoms with Gasteiger partial charge in [-0.25, -0.2) is 4.79 Å². The third-order valence-electron chi connectivity index (χ3n) is 1.21. The first kappa shape index (κ1) is 11.2. The fourth-order valence-electron chi connectivity index (χ4n) is 0.579. The highest BCUT2D eigenvalue weighted by atomic mass is 16.5. The van der Waals surface area contributed by atoms with Gasteiger partial charge in [0.1, 0.15) is 0 Å². The molecule has 2 N–H and O–H groups in total. The number of ether oxygens (including phenoxy) is 1. The van der Waals surface area contributed by atoms with Crippen molar-refractivity contribution in [2.45, 2.75) is 0 Å². The Labute approximate surface area is 72.3 Å². The molecule has 0 atom stereocenters. The quantitative estimate of drug-likeness (QED) is 0.552. The van der Waals surface area contributed by atoms with E-state index in [0.29, 0.717) is 19.8 Å². The molecule has 0 heterocycles. The third kappa shape index (κ3) is 9.19. The van der Waals surface area contributed by atoms with E-state index in [1.165, 1.54) is 0 Å². The Balaban J connectivity index is 2.96. The first-order valence-corrected chi connectivity index (χ1v) is 3.82. The lowest BCUT2D eigenvalue weighted by Crippen LogP contribution is -2.26. The van der Waals surface area contributed by atoms with Crippen molar-refractivity contribution in [1.29, 1.82) is 0 Å². The van der Waals surface area contributed by atoms with Gasteiger partial charge in [-0.3, -0.25) is 0 Å². The Morgan fingerprint density at radius 2 is 2.17 bits per heavy atom. The average molecular weight is 176 g/mol. The Hall–Kier alpha value is -0.810. The Kier molecular flexibility index (Phi) is 6.41. The van der Waals surface area contributed by atoms with Crippen molar-refractivity contribution >= 4 is 6.09 Å². The average Bonchev–Trinajstić information content (AvgIpc) is 1.95. The molecule has 0 radical (unpaired) electrons. The van der Waals surface area contributed by atoms with Gasteiger partial charge in [-0.15, -0.1) is 0 Å². The standard InChI is InChI=1S/C7H16N2O3/c1-9(2)4-6-12-5-3-8-7(10)11/h8H,3-6H2,1-2H3,(H,10,11). The van der Waals surface area contributed by atoms with Crippen molar-refractivity contribution in [1.82, 2.24) is 10.2 Å². The molecule has 0 bridgehead atoms. The maximum atomic E-state index is 9.97. The second-order valence-electron chi connectivity index (χ2n) is 2.65. The second kappa shape index (κ2) is 6.87. The van der Waals surface area contributed by atoms with Gasteiger partial charge < -0.3 is 20.1 Å². The van der Waals surface area contributed by atoms with Crippen LogP contribution >= 0.6 is 0 Å². The molecule has 0 aliphatic carbocycles. The van der Waals surface area contributed by atoms with Crippen LogP contribution in [0.5, 0.6) is 0 Å². The van der Waals surface area contributed by atoms with Crippen LogP contribution in [0.25, 0.3) is 0 Å². The highest BCUT2D eigenvalue weighted by Gasteiger charge is 1.93. The van der Waals surface area contributed by atoms with E-state index in [-0.39, 0.29) is 0 Å². The van der Waals surface area contributed by atoms with Crippen molar-refractivity contribution in [3.63, 3.8) is 0 Å². The molecule has 12 heavy (non-hydrogen) atoms. The van der Waals surface area contributed by atoms with Gasteiger partial charge in [0.2, 0.25) is 0 Å². The molecule has 0 fully saturated rings. The van der Waals surface area contributed by atoms with E-state index in [1.807, 2.05) is 19.0 Å². The lowest BCUT2D eigenvalue weighted by molar-refractivity contribution is 0.117. The van der Waals surface area contributed by atoms with Crippen molar-refractivity contribution in [2.75, 3.05) is 40.4 Å². The monoisotopic (exact) mass is 176 g/mol. The maximum absolute atomic E-state index is 9.97. The number of hydrogen-bond donors (Lipinski definition) is 2. The molecular formula is C7H16N2O3. The number of likely N-dealkylation sites (N-methyl/N-ethyl adjacent to an activating group) is 1. The molecule has 0 saturated carbocycles. The SMILES string of the molecule is CN(C)CCOCCNC(=O)O. The summed E-state index contributed by atoms with van der Waals surface area (Å²) >= 11 is 0. The Bertz CT molecular complexity index is 128. The largest absolute Gasteiger partial charge is 0.465 e. The van der Waals surface area contributed by atoms with Crippen LogP contribution in [0.15, 0.2) is 0 Å². The van der Waals surface area contributed by atoms with Crippen LogP contribution in [0, 0.1) is 0 Å². The van der Waals surface area contributed by atoms with Crippen molar-refractivity contribution in [2.24, 2.45) is 0 Å². The number of carboxylic acid groups (broad SMARTS) is 1. The van der Waals surface area contributed by atoms with Gasteiger partial charge in [-0.1, -0.05) is 0 Å². The first-order chi connectivity index (χ1) is 5.63. The van der Waals surface area contributed by atoms with E-state index >= 15 is 0 Å². The molecule has 1 amide bonds. The van der Waals surface area contributed by atoms with E-state index in [4.69, 9.17) is 9.84 Å². The van der Waals surface area contributed by atoms with Crippen LogP contribution in [-0.4, -0.2) is 56.5 Å². The van der Waals surface area contributed by atoms with Crippen molar-refractivity contribution < 1.29 is 14.6 Å². The summed E-state index contributed by atoms with van der Waals surface area (Å²) in [6.07, 6.45) is -1.01. The molecule has 0 spiro atoms. The number of hydrogen-bond acceptors (Lipinski definition) is 3. The molecular weight excluding hydrogens is 160 g/mol. The zero-order valence-corrected chi connectivity index (χ0v) is 7.54. The van der Waals surface area contributed by atoms with Crippen LogP contribution < -0.4 is 5.32 Å². The number of amides is 1. The molecule has 72 valence electrons. The van der Waals surface area contributed by atoms with Crippen molar-refractivity contribution in [3.05, 3.63) is 0 Å². The zero-order valence-electron chi connectivity index (χ0n) is 7.54. The van der Waals surface area contributed by atoms with E-state index in [0.717, 1.165) is 6.54 Å². The molecule has 5 nitrogen and oxygen atoms in total. The summed E-state index contributed by atoms with van der Waals surface area (Å²) < 4.78 is 5.13. The Morgan fingerprint density at radius 1 is 1.50 bits per heavy atom. The molecule has 0 aromatic rings. The van der Waals surface area contributed by atoms with Crippen LogP contribution in [0.1, 0.15) is 0 Å². The van der Waals surface area contributed by atoms with Crippen LogP contribution in [0.2, 0.25) is 0 Å². The minimum absolute atomic E-state index is 0.350. The summed E-state index contributed by atoms with van der Waals surface area (Å²) in [7, 11) is 3.91. The van der Waals surface area contributed by atoms with Gasteiger partial charge in [0, 0.05) is 13.1 Å². The third-order valence-corrected chi connectivity index (χ3v) is 1.21. The first-order valence-electron chi connectivity index (χ1n) is 3.82. The van der Waals surface area contributed by atoms with Gasteiger partial charge in [0.05, 0.1) is 13.2 Å². The van der Waals surface area contributed by atoms with Gasteiger partial charge in [0.25, 0.3) is 0 Å². The van der Waals surface area contributed by atoms with Crippen LogP contribution in [-0.2, 0) is 4.74 Å². The summed E-state index contributed by atoms with van der Waals surface area (Å²) in [5.41, 5.74) is 0. The van der Waals surface area contributed by atoms with Crippen LogP contribution in [0.3, 0.4) is 0 Å². The normalized spacial score (nSPS) is 10.2. The summed E-state index contributed by atoms with van der Waals surface area (Å²) in [6.45, 7) is 2.27. The minimum atomic E-state index is -1.01. The predicted octanol–water partition coefficient (Wildman–Crippen LogP) is -0.168. The molecule has 0 unspecified atom stereocenters. The molecule has 0 aliphatic heterocycles. The molecule has 0 saturated heterocycles. The molecule has 0 aromatic carbocycles. The highest BCUT2D eigenvalue weighted by Crippen LogP contribution is 1.77. The van der Waals surface area contributed by atoms with Gasteiger partial charge in [0.15, 0.2) is 0 Å². The highest BCUT2D eigenvalue weighted by molar-refractivity contribution is 5.64. The molecule has 0 aliphatic rings. The topological polar surface area (TPSA) is 61.8 Å².